The monoisotopic (exact) mass is 416 g/mol. The summed E-state index contributed by atoms with van der Waals surface area (Å²) in [4.78, 5) is 6.13. The van der Waals surface area contributed by atoms with E-state index in [1.165, 1.54) is 37.0 Å². The van der Waals surface area contributed by atoms with Crippen molar-refractivity contribution in [1.29, 1.82) is 0 Å². The molecule has 1 spiro atoms. The van der Waals surface area contributed by atoms with Crippen LogP contribution in [0.15, 0.2) is 22.5 Å². The summed E-state index contributed by atoms with van der Waals surface area (Å²) in [5.41, 5.74) is 0.0771. The SMILES string of the molecule is Cc1nnc(CN=C(NCc2cccs2)NC2CCOC3(CCCCC3)C2)n1C. The molecule has 0 bridgehead atoms. The molecule has 2 N–H and O–H groups in total. The van der Waals surface area contributed by atoms with E-state index in [9.17, 15) is 0 Å². The quantitative estimate of drug-likeness (QED) is 0.578. The maximum Gasteiger partial charge on any atom is 0.192 e. The van der Waals surface area contributed by atoms with Crippen LogP contribution >= 0.6 is 11.3 Å². The van der Waals surface area contributed by atoms with Crippen LogP contribution in [0.1, 0.15) is 61.5 Å². The Labute approximate surface area is 177 Å². The Morgan fingerprint density at radius 2 is 2.21 bits per heavy atom. The van der Waals surface area contributed by atoms with Crippen LogP contribution in [0, 0.1) is 6.92 Å². The van der Waals surface area contributed by atoms with Crippen molar-refractivity contribution in [2.45, 2.75) is 76.6 Å². The number of hydrogen-bond donors (Lipinski definition) is 2. The van der Waals surface area contributed by atoms with Crippen LogP contribution < -0.4 is 10.6 Å². The van der Waals surface area contributed by atoms with Crippen LogP contribution in [0.2, 0.25) is 0 Å². The number of thiophene rings is 1. The van der Waals surface area contributed by atoms with Crippen molar-refractivity contribution in [3.05, 3.63) is 34.0 Å². The van der Waals surface area contributed by atoms with Gasteiger partial charge >= 0.3 is 0 Å². The summed E-state index contributed by atoms with van der Waals surface area (Å²) in [6.45, 7) is 4.07. The standard InChI is InChI=1S/C21H32N6OS/c1-16-25-26-19(27(16)2)15-23-20(22-14-18-7-6-12-29-18)24-17-8-11-28-21(13-17)9-4-3-5-10-21/h6-7,12,17H,3-5,8-11,13-15H2,1-2H3,(H2,22,23,24). The number of aliphatic imine (C=N–C) groups is 1. The lowest BCUT2D eigenvalue weighted by atomic mass is 9.78. The molecular formula is C21H32N6OS. The highest BCUT2D eigenvalue weighted by Gasteiger charge is 2.38. The number of guanidine groups is 1. The number of nitrogens with one attached hydrogen (secondary N) is 2. The van der Waals surface area contributed by atoms with Crippen LogP contribution in [-0.4, -0.2) is 39.0 Å². The van der Waals surface area contributed by atoms with Gasteiger partial charge in [-0.1, -0.05) is 25.3 Å². The van der Waals surface area contributed by atoms with Gasteiger partial charge in [0.2, 0.25) is 0 Å². The van der Waals surface area contributed by atoms with Crippen LogP contribution in [0.4, 0.5) is 0 Å². The van der Waals surface area contributed by atoms with Gasteiger partial charge < -0.3 is 19.9 Å². The molecular weight excluding hydrogens is 384 g/mol. The number of ether oxygens (including phenoxy) is 1. The number of aryl methyl sites for hydroxylation is 1. The molecule has 3 heterocycles. The van der Waals surface area contributed by atoms with Gasteiger partial charge in [0.25, 0.3) is 0 Å². The van der Waals surface area contributed by atoms with E-state index in [1.54, 1.807) is 11.3 Å². The minimum atomic E-state index is 0.0771. The molecule has 2 aromatic heterocycles. The molecule has 29 heavy (non-hydrogen) atoms. The molecule has 4 rings (SSSR count). The third kappa shape index (κ3) is 5.17. The van der Waals surface area contributed by atoms with Crippen molar-refractivity contribution in [3.63, 3.8) is 0 Å². The maximum atomic E-state index is 6.26. The Hall–Kier alpha value is -1.93. The topological polar surface area (TPSA) is 76.4 Å². The van der Waals surface area contributed by atoms with Gasteiger partial charge in [-0.3, -0.25) is 0 Å². The molecule has 1 unspecified atom stereocenters. The minimum Gasteiger partial charge on any atom is -0.375 e. The number of aromatic nitrogens is 3. The molecule has 8 heteroatoms. The highest BCUT2D eigenvalue weighted by atomic mass is 32.1. The Kier molecular flexibility index (Phi) is 6.50. The molecule has 2 aromatic rings. The first-order valence-electron chi connectivity index (χ1n) is 10.7. The second-order valence-corrected chi connectivity index (χ2v) is 9.28. The second kappa shape index (κ2) is 9.26. The van der Waals surface area contributed by atoms with E-state index in [2.05, 4.69) is 38.3 Å². The lowest BCUT2D eigenvalue weighted by molar-refractivity contribution is -0.107. The van der Waals surface area contributed by atoms with E-state index < -0.39 is 0 Å². The fraction of sp³-hybridized carbons (Fsp3) is 0.667. The van der Waals surface area contributed by atoms with Gasteiger partial charge in [-0.15, -0.1) is 21.5 Å². The first kappa shape index (κ1) is 20.3. The molecule has 2 fully saturated rings. The highest BCUT2D eigenvalue weighted by molar-refractivity contribution is 7.09. The number of nitrogens with zero attached hydrogens (tertiary/aromatic N) is 4. The van der Waals surface area contributed by atoms with Gasteiger partial charge in [0, 0.05) is 24.6 Å². The molecule has 1 aliphatic carbocycles. The van der Waals surface area contributed by atoms with Gasteiger partial charge in [0.15, 0.2) is 11.8 Å². The van der Waals surface area contributed by atoms with Crippen molar-refractivity contribution in [3.8, 4) is 0 Å². The molecule has 0 radical (unpaired) electrons. The fourth-order valence-electron chi connectivity index (χ4n) is 4.36. The van der Waals surface area contributed by atoms with E-state index in [4.69, 9.17) is 9.73 Å². The Bertz CT molecular complexity index is 804. The van der Waals surface area contributed by atoms with Gasteiger partial charge in [-0.25, -0.2) is 4.99 Å². The molecule has 0 amide bonds. The molecule has 1 saturated carbocycles. The summed E-state index contributed by atoms with van der Waals surface area (Å²) < 4.78 is 8.26. The molecule has 1 atom stereocenters. The highest BCUT2D eigenvalue weighted by Crippen LogP contribution is 2.38. The normalized spacial score (nSPS) is 22.0. The lowest BCUT2D eigenvalue weighted by Gasteiger charge is -2.44. The van der Waals surface area contributed by atoms with Gasteiger partial charge in [-0.2, -0.15) is 0 Å². The fourth-order valence-corrected chi connectivity index (χ4v) is 5.01. The zero-order valence-electron chi connectivity index (χ0n) is 17.5. The van der Waals surface area contributed by atoms with Crippen LogP contribution in [0.25, 0.3) is 0 Å². The largest absolute Gasteiger partial charge is 0.375 e. The Morgan fingerprint density at radius 1 is 1.34 bits per heavy atom. The van der Waals surface area contributed by atoms with Crippen molar-refractivity contribution in [1.82, 2.24) is 25.4 Å². The number of rotatable bonds is 5. The third-order valence-electron chi connectivity index (χ3n) is 6.17. The van der Waals surface area contributed by atoms with Crippen molar-refractivity contribution >= 4 is 17.3 Å². The smallest absolute Gasteiger partial charge is 0.192 e. The van der Waals surface area contributed by atoms with Crippen molar-refractivity contribution in [2.24, 2.45) is 12.0 Å². The zero-order valence-corrected chi connectivity index (χ0v) is 18.3. The first-order chi connectivity index (χ1) is 14.1. The number of hydrogen-bond acceptors (Lipinski definition) is 5. The molecule has 158 valence electrons. The van der Waals surface area contributed by atoms with Crippen molar-refractivity contribution in [2.75, 3.05) is 6.61 Å². The average Bonchev–Trinajstić information content (AvgIpc) is 3.36. The zero-order chi connectivity index (χ0) is 20.1. The molecule has 2 aliphatic rings. The van der Waals surface area contributed by atoms with E-state index in [0.29, 0.717) is 12.6 Å². The van der Waals surface area contributed by atoms with Gasteiger partial charge in [0.05, 0.1) is 12.1 Å². The van der Waals surface area contributed by atoms with Crippen LogP contribution in [0.3, 0.4) is 0 Å². The van der Waals surface area contributed by atoms with Crippen LogP contribution in [-0.2, 0) is 24.9 Å². The third-order valence-corrected chi connectivity index (χ3v) is 7.05. The predicted molar refractivity (Wildman–Crippen MR) is 116 cm³/mol. The first-order valence-corrected chi connectivity index (χ1v) is 11.6. The Balaban J connectivity index is 1.43. The molecule has 1 saturated heterocycles. The average molecular weight is 417 g/mol. The van der Waals surface area contributed by atoms with E-state index in [0.717, 1.165) is 43.6 Å². The van der Waals surface area contributed by atoms with Crippen molar-refractivity contribution < 1.29 is 4.74 Å². The second-order valence-electron chi connectivity index (χ2n) is 8.25. The Morgan fingerprint density at radius 3 is 2.93 bits per heavy atom. The molecule has 0 aromatic carbocycles. The predicted octanol–water partition coefficient (Wildman–Crippen LogP) is 3.30. The van der Waals surface area contributed by atoms with E-state index >= 15 is 0 Å². The summed E-state index contributed by atoms with van der Waals surface area (Å²) in [5, 5.41) is 17.7. The molecule has 1 aliphatic heterocycles. The summed E-state index contributed by atoms with van der Waals surface area (Å²) in [7, 11) is 1.98. The summed E-state index contributed by atoms with van der Waals surface area (Å²) in [5.74, 6) is 2.62. The summed E-state index contributed by atoms with van der Waals surface area (Å²) in [6.07, 6.45) is 8.39. The van der Waals surface area contributed by atoms with Gasteiger partial charge in [-0.05, 0) is 44.1 Å². The lowest BCUT2D eigenvalue weighted by Crippen LogP contribution is -2.52. The molecule has 7 nitrogen and oxygen atoms in total. The summed E-state index contributed by atoms with van der Waals surface area (Å²) >= 11 is 1.76. The minimum absolute atomic E-state index is 0.0771. The maximum absolute atomic E-state index is 6.26. The summed E-state index contributed by atoms with van der Waals surface area (Å²) in [6, 6.07) is 4.62. The van der Waals surface area contributed by atoms with Crippen LogP contribution in [0.5, 0.6) is 0 Å². The van der Waals surface area contributed by atoms with E-state index in [-0.39, 0.29) is 5.60 Å². The van der Waals surface area contributed by atoms with Gasteiger partial charge in [0.1, 0.15) is 12.4 Å². The van der Waals surface area contributed by atoms with E-state index in [1.807, 2.05) is 18.5 Å².